The largest absolute Gasteiger partial charge is 0.598 e. The highest BCUT2D eigenvalue weighted by Crippen LogP contribution is 2.43. The molecule has 2 fully saturated rings. The molecule has 0 aromatic heterocycles. The van der Waals surface area contributed by atoms with Gasteiger partial charge in [0.1, 0.15) is 22.1 Å². The lowest BCUT2D eigenvalue weighted by atomic mass is 9.79. The summed E-state index contributed by atoms with van der Waals surface area (Å²) in [5.41, 5.74) is 1.25. The van der Waals surface area contributed by atoms with E-state index < -0.39 is 45.4 Å². The summed E-state index contributed by atoms with van der Waals surface area (Å²) in [6.07, 6.45) is 4.67. The van der Waals surface area contributed by atoms with Gasteiger partial charge in [-0.1, -0.05) is 42.6 Å². The van der Waals surface area contributed by atoms with Crippen molar-refractivity contribution >= 4 is 46.3 Å². The summed E-state index contributed by atoms with van der Waals surface area (Å²) >= 11 is 4.42. The van der Waals surface area contributed by atoms with Crippen molar-refractivity contribution in [2.45, 2.75) is 75.6 Å². The molecule has 1 saturated heterocycles. The van der Waals surface area contributed by atoms with E-state index in [9.17, 15) is 19.4 Å². The number of benzene rings is 3. The highest BCUT2D eigenvalue weighted by molar-refractivity contribution is 7.90. The van der Waals surface area contributed by atoms with Crippen LogP contribution in [0.1, 0.15) is 76.0 Å². The third-order valence-corrected chi connectivity index (χ3v) is 10.5. The molecule has 2 unspecified atom stereocenters. The number of hydrogen-bond donors (Lipinski definition) is 3. The quantitative estimate of drug-likeness (QED) is 0.194. The fourth-order valence-corrected chi connectivity index (χ4v) is 6.82. The third kappa shape index (κ3) is 7.84. The van der Waals surface area contributed by atoms with Crippen molar-refractivity contribution in [1.82, 2.24) is 9.62 Å². The highest BCUT2D eigenvalue weighted by atomic mass is 35.5. The number of nitrogens with zero attached hydrogens (tertiary/aromatic N) is 2. The highest BCUT2D eigenvalue weighted by Gasteiger charge is 2.44. The molecule has 11 heteroatoms. The molecule has 1 saturated carbocycles. The maximum atomic E-state index is 15.4. The molecule has 0 bridgehead atoms. The van der Waals surface area contributed by atoms with Crippen LogP contribution in [0.2, 0.25) is 5.02 Å². The molecule has 5 rings (SSSR count). The van der Waals surface area contributed by atoms with Crippen LogP contribution in [0.5, 0.6) is 0 Å². The van der Waals surface area contributed by atoms with Gasteiger partial charge in [-0.05, 0) is 112 Å². The fraction of sp³-hybridized carbons (Fsp3) is 0.400. The van der Waals surface area contributed by atoms with Gasteiger partial charge in [-0.15, -0.1) is 4.72 Å². The number of amides is 3. The van der Waals surface area contributed by atoms with Gasteiger partial charge >= 0.3 is 6.03 Å². The molecule has 0 spiro atoms. The van der Waals surface area contributed by atoms with Crippen molar-refractivity contribution in [2.75, 3.05) is 17.2 Å². The lowest BCUT2D eigenvalue weighted by Crippen LogP contribution is -2.52. The van der Waals surface area contributed by atoms with Gasteiger partial charge in [0.2, 0.25) is 5.91 Å². The van der Waals surface area contributed by atoms with Crippen LogP contribution in [0, 0.1) is 23.1 Å². The molecule has 1 heterocycles. The SMILES string of the molecule is CC(C)(C)[S@@+]([O-])NC(CCC1CC1)(c1cccc(C#N)c1)c1ccc(F)c(NC(=O)C2CCCN2C(=O)Nc2ccc(Cl)cc2)c1. The van der Waals surface area contributed by atoms with Gasteiger partial charge in [0.05, 0.1) is 17.3 Å². The molecular weight excluding hydrogens is 625 g/mol. The zero-order valence-corrected chi connectivity index (χ0v) is 27.8. The van der Waals surface area contributed by atoms with E-state index >= 15 is 4.39 Å². The number of likely N-dealkylation sites (tertiary alicyclic amines) is 1. The lowest BCUT2D eigenvalue weighted by Gasteiger charge is -2.39. The molecule has 3 aromatic carbocycles. The maximum absolute atomic E-state index is 15.4. The van der Waals surface area contributed by atoms with E-state index in [1.807, 2.05) is 26.8 Å². The van der Waals surface area contributed by atoms with Crippen molar-refractivity contribution in [3.8, 4) is 6.07 Å². The molecular formula is C35H39ClFN5O3S. The predicted molar refractivity (Wildman–Crippen MR) is 180 cm³/mol. The van der Waals surface area contributed by atoms with Crippen molar-refractivity contribution in [2.24, 2.45) is 5.92 Å². The van der Waals surface area contributed by atoms with Gasteiger partial charge in [-0.3, -0.25) is 4.79 Å². The van der Waals surface area contributed by atoms with Crippen LogP contribution in [0.4, 0.5) is 20.6 Å². The second-order valence-electron chi connectivity index (χ2n) is 13.0. The minimum atomic E-state index is -1.54. The Morgan fingerprint density at radius 1 is 1.04 bits per heavy atom. The average Bonchev–Trinajstić information content (AvgIpc) is 3.73. The zero-order valence-electron chi connectivity index (χ0n) is 26.2. The first kappa shape index (κ1) is 33.7. The summed E-state index contributed by atoms with van der Waals surface area (Å²) in [6, 6.07) is 19.3. The standard InChI is InChI=1S/C35H39ClFN5O3S/c1-34(2,3)46(45)41-35(18-17-23-9-10-23,25-7-4-6-24(20-25)22-38)26-11-16-29(37)30(21-26)40-32(43)31-8-5-19-42(31)33(44)39-28-14-12-27(36)13-15-28/h4,6-7,11-16,20-21,23,31,41H,5,8-10,17-19H2,1-3H3,(H,39,44)(H,40,43)/t31?,35?,46-/m1/s1. The Labute approximate surface area is 278 Å². The van der Waals surface area contributed by atoms with Gasteiger partial charge < -0.3 is 20.1 Å². The van der Waals surface area contributed by atoms with Crippen molar-refractivity contribution in [1.29, 1.82) is 5.26 Å². The second-order valence-corrected chi connectivity index (χ2v) is 15.4. The summed E-state index contributed by atoms with van der Waals surface area (Å²) in [5.74, 6) is -0.595. The second kappa shape index (κ2) is 14.0. The van der Waals surface area contributed by atoms with Crippen molar-refractivity contribution in [3.63, 3.8) is 0 Å². The number of nitrogens with one attached hydrogen (secondary N) is 3. The smallest absolute Gasteiger partial charge is 0.322 e. The number of carbonyl (C=O) groups is 2. The topological polar surface area (TPSA) is 120 Å². The summed E-state index contributed by atoms with van der Waals surface area (Å²) in [6.45, 7) is 6.00. The molecule has 1 aliphatic heterocycles. The third-order valence-electron chi connectivity index (χ3n) is 8.56. The monoisotopic (exact) mass is 663 g/mol. The number of anilines is 2. The number of hydrogen-bond acceptors (Lipinski definition) is 5. The van der Waals surface area contributed by atoms with Gasteiger partial charge in [0.15, 0.2) is 0 Å². The van der Waals surface area contributed by atoms with Crippen LogP contribution < -0.4 is 15.4 Å². The first-order valence-corrected chi connectivity index (χ1v) is 17.1. The van der Waals surface area contributed by atoms with Crippen LogP contribution >= 0.6 is 11.6 Å². The molecule has 3 atom stereocenters. The fourth-order valence-electron chi connectivity index (χ4n) is 5.73. The van der Waals surface area contributed by atoms with E-state index in [2.05, 4.69) is 21.4 Å². The minimum Gasteiger partial charge on any atom is -0.598 e. The predicted octanol–water partition coefficient (Wildman–Crippen LogP) is 7.47. The molecule has 2 aliphatic rings. The van der Waals surface area contributed by atoms with E-state index in [0.29, 0.717) is 53.6 Å². The summed E-state index contributed by atoms with van der Waals surface area (Å²) in [7, 11) is 0. The molecule has 3 amide bonds. The van der Waals surface area contributed by atoms with Crippen LogP contribution in [-0.2, 0) is 21.7 Å². The number of halogens is 2. The van der Waals surface area contributed by atoms with E-state index in [0.717, 1.165) is 24.8 Å². The average molecular weight is 664 g/mol. The Morgan fingerprint density at radius 3 is 2.43 bits per heavy atom. The van der Waals surface area contributed by atoms with Gasteiger partial charge in [-0.2, -0.15) is 5.26 Å². The normalized spacial score (nSPS) is 18.4. The molecule has 0 radical (unpaired) electrons. The Bertz CT molecular complexity index is 1620. The minimum absolute atomic E-state index is 0.0389. The number of urea groups is 1. The zero-order chi connectivity index (χ0) is 33.1. The first-order valence-electron chi connectivity index (χ1n) is 15.5. The molecule has 3 N–H and O–H groups in total. The first-order chi connectivity index (χ1) is 21.9. The molecule has 46 heavy (non-hydrogen) atoms. The number of rotatable bonds is 10. The Hall–Kier alpha value is -3.62. The lowest BCUT2D eigenvalue weighted by molar-refractivity contribution is -0.119. The Balaban J connectivity index is 1.47. The van der Waals surface area contributed by atoms with Crippen molar-refractivity contribution in [3.05, 3.63) is 94.3 Å². The van der Waals surface area contributed by atoms with Crippen molar-refractivity contribution < 1.29 is 18.5 Å². The maximum Gasteiger partial charge on any atom is 0.322 e. The molecule has 8 nitrogen and oxygen atoms in total. The Morgan fingerprint density at radius 2 is 1.76 bits per heavy atom. The Kier molecular flexibility index (Phi) is 10.3. The van der Waals surface area contributed by atoms with Gasteiger partial charge in [0.25, 0.3) is 0 Å². The van der Waals surface area contributed by atoms with E-state index in [-0.39, 0.29) is 5.69 Å². The van der Waals surface area contributed by atoms with E-state index in [4.69, 9.17) is 11.6 Å². The molecule has 1 aliphatic carbocycles. The van der Waals surface area contributed by atoms with E-state index in [1.165, 1.54) is 11.0 Å². The summed E-state index contributed by atoms with van der Waals surface area (Å²) in [4.78, 5) is 28.2. The molecule has 3 aromatic rings. The van der Waals surface area contributed by atoms with Gasteiger partial charge in [0, 0.05) is 28.6 Å². The number of nitriles is 1. The number of carbonyl (C=O) groups excluding carboxylic acids is 2. The van der Waals surface area contributed by atoms with Crippen LogP contribution in [0.3, 0.4) is 0 Å². The molecule has 242 valence electrons. The van der Waals surface area contributed by atoms with E-state index in [1.54, 1.807) is 54.6 Å². The van der Waals surface area contributed by atoms with Gasteiger partial charge in [-0.25, -0.2) is 9.18 Å². The van der Waals surface area contributed by atoms with Crippen LogP contribution in [0.15, 0.2) is 66.7 Å². The summed E-state index contributed by atoms with van der Waals surface area (Å²) in [5, 5.41) is 15.8. The van der Waals surface area contributed by atoms with Crippen LogP contribution in [-0.4, -0.2) is 38.7 Å². The summed E-state index contributed by atoms with van der Waals surface area (Å²) < 4.78 is 32.0. The van der Waals surface area contributed by atoms with Crippen LogP contribution in [0.25, 0.3) is 0 Å².